The Labute approximate surface area is 884 Å². The minimum absolute atomic E-state index is 0.342. The second-order valence-electron chi connectivity index (χ2n) is 37.1. The Balaban J connectivity index is 0.000000351. The molecule has 6 atom stereocenters. The molecule has 12 heterocycles. The summed E-state index contributed by atoms with van der Waals surface area (Å²) >= 11 is 0. The highest BCUT2D eigenvalue weighted by molar-refractivity contribution is 6.27. The number of allylic oxidation sites excluding steroid dienone is 6. The van der Waals surface area contributed by atoms with Crippen molar-refractivity contribution >= 4 is 106 Å². The van der Waals surface area contributed by atoms with E-state index < -0.39 is 107 Å². The summed E-state index contributed by atoms with van der Waals surface area (Å²) in [7, 11) is 7.30. The number of imide groups is 6. The summed E-state index contributed by atoms with van der Waals surface area (Å²) < 4.78 is 9.50. The number of nitrogens with one attached hydrogen (secondary N) is 8. The molecular weight excluding hydrogens is 1910 g/mol. The van der Waals surface area contributed by atoms with E-state index in [0.717, 1.165) is 41.2 Å². The molecule has 0 radical (unpaired) electrons. The molecule has 0 bridgehead atoms. The number of amides is 18. The molecule has 0 saturated carbocycles. The molecule has 6 fully saturated rings. The number of ether oxygens (including phenoxy) is 2. The van der Waals surface area contributed by atoms with Gasteiger partial charge in [-0.3, -0.25) is 116 Å². The number of fused-ring (bicyclic) bond motifs is 6. The van der Waals surface area contributed by atoms with Crippen LogP contribution >= 0.6 is 0 Å². The fraction of sp³-hybridized carbons (Fsp3) is 0.431. The Kier molecular flexibility index (Phi) is 53.2. The molecule has 8 N–H and O–H groups in total. The van der Waals surface area contributed by atoms with Crippen molar-refractivity contribution in [1.82, 2.24) is 71.9 Å². The maximum atomic E-state index is 12.2. The monoisotopic (exact) mass is 2070 g/mol. The van der Waals surface area contributed by atoms with E-state index in [2.05, 4.69) is 151 Å². The number of benzene rings is 6. The van der Waals surface area contributed by atoms with Gasteiger partial charge in [0.2, 0.25) is 35.4 Å². The highest BCUT2D eigenvalue weighted by atomic mass is 16.5. The molecule has 34 nitrogen and oxygen atoms in total. The topological polar surface area (TPSA) is 441 Å². The van der Waals surface area contributed by atoms with Crippen molar-refractivity contribution in [2.24, 2.45) is 11.8 Å². The maximum Gasteiger partial charge on any atom is 0.262 e. The van der Waals surface area contributed by atoms with E-state index in [-0.39, 0.29) is 35.4 Å². The third kappa shape index (κ3) is 34.2. The molecule has 34 heteroatoms. The minimum Gasteiger partial charge on any atom is -0.382 e. The van der Waals surface area contributed by atoms with Gasteiger partial charge in [-0.2, -0.15) is 0 Å². The van der Waals surface area contributed by atoms with E-state index in [1.807, 2.05) is 83.3 Å². The lowest BCUT2D eigenvalue weighted by Crippen LogP contribution is -2.51. The van der Waals surface area contributed by atoms with Gasteiger partial charge in [-0.15, -0.1) is 0 Å². The van der Waals surface area contributed by atoms with Gasteiger partial charge in [0.25, 0.3) is 70.9 Å². The largest absolute Gasteiger partial charge is 0.382 e. The molecule has 6 aromatic rings. The molecule has 150 heavy (non-hydrogen) atoms. The van der Waals surface area contributed by atoms with Crippen molar-refractivity contribution < 1.29 is 95.8 Å². The summed E-state index contributed by atoms with van der Waals surface area (Å²) in [6.07, 6.45) is 9.38. The Hall–Kier alpha value is -14.7. The molecule has 6 saturated heterocycles. The predicted molar refractivity (Wildman–Crippen MR) is 580 cm³/mol. The maximum absolute atomic E-state index is 12.2. The zero-order valence-electron chi connectivity index (χ0n) is 91.8. The Morgan fingerprint density at radius 3 is 0.407 bits per heavy atom. The van der Waals surface area contributed by atoms with Crippen LogP contribution in [0.15, 0.2) is 219 Å². The quantitative estimate of drug-likeness (QED) is 0.0528. The standard InChI is InChI=1S/6C14H12N2O3.2C5H12.2C4H11N.2C4H10O.3C2H6/c6*1-8-6-7-11(12(17)15-8)16-13(18)9-4-2-3-5-10(9)14(16)19;2*1-4-5(2)3;4*1-4(2)5-3;3*1-2/h6*2-5,11H,1,6-7H2,(H,15,17);2*5H,4H2,1-3H3;2*4-5H,1-3H3;2*4H,1-3H3;3*1-2H3. The smallest absolute Gasteiger partial charge is 0.262 e. The van der Waals surface area contributed by atoms with Crippen LogP contribution in [0.1, 0.15) is 353 Å². The van der Waals surface area contributed by atoms with Crippen LogP contribution in [0.4, 0.5) is 0 Å². The van der Waals surface area contributed by atoms with Crippen LogP contribution < -0.4 is 42.5 Å². The number of hydrogen-bond acceptors (Lipinski definition) is 22. The molecular formula is C116H156N14O20. The molecule has 18 amide bonds. The fourth-order valence-corrected chi connectivity index (χ4v) is 15.0. The second-order valence-corrected chi connectivity index (χ2v) is 37.1. The van der Waals surface area contributed by atoms with Crippen LogP contribution in [0.3, 0.4) is 0 Å². The Bertz CT molecular complexity index is 4790. The zero-order chi connectivity index (χ0) is 113. The summed E-state index contributed by atoms with van der Waals surface area (Å²) in [6.45, 7) is 63.8. The first kappa shape index (κ1) is 128. The summed E-state index contributed by atoms with van der Waals surface area (Å²) in [4.78, 5) is 225. The van der Waals surface area contributed by atoms with Crippen molar-refractivity contribution in [2.75, 3.05) is 28.3 Å². The first-order chi connectivity index (χ1) is 71.2. The first-order valence-corrected chi connectivity index (χ1v) is 51.3. The molecule has 6 unspecified atom stereocenters. The van der Waals surface area contributed by atoms with Gasteiger partial charge in [-0.25, -0.2) is 0 Å². The van der Waals surface area contributed by atoms with Crippen molar-refractivity contribution in [3.8, 4) is 0 Å². The van der Waals surface area contributed by atoms with E-state index in [1.54, 1.807) is 160 Å². The number of piperidine rings is 6. The van der Waals surface area contributed by atoms with Crippen molar-refractivity contribution in [2.45, 2.75) is 289 Å². The summed E-state index contributed by atoms with van der Waals surface area (Å²) in [5.41, 5.74) is 8.12. The van der Waals surface area contributed by atoms with E-state index in [4.69, 9.17) is 9.47 Å². The van der Waals surface area contributed by atoms with Gasteiger partial charge in [0, 0.05) is 60.5 Å². The number of hydrogen-bond donors (Lipinski definition) is 8. The number of methoxy groups -OCH3 is 2. The lowest BCUT2D eigenvalue weighted by atomic mass is 10.0. The minimum atomic E-state index is -0.738. The third-order valence-electron chi connectivity index (χ3n) is 24.5. The van der Waals surface area contributed by atoms with Gasteiger partial charge in [0.1, 0.15) is 36.3 Å². The third-order valence-corrected chi connectivity index (χ3v) is 24.5. The van der Waals surface area contributed by atoms with Gasteiger partial charge in [0.05, 0.1) is 79.0 Å². The predicted octanol–water partition coefficient (Wildman–Crippen LogP) is 16.9. The van der Waals surface area contributed by atoms with Crippen LogP contribution in [0, 0.1) is 11.8 Å². The number of rotatable bonds is 12. The summed E-state index contributed by atoms with van der Waals surface area (Å²) in [5, 5.41) is 21.6. The first-order valence-electron chi connectivity index (χ1n) is 51.3. The van der Waals surface area contributed by atoms with E-state index in [1.165, 1.54) is 12.8 Å². The average Bonchev–Trinajstić information content (AvgIpc) is 1.65. The van der Waals surface area contributed by atoms with Crippen LogP contribution in [-0.4, -0.2) is 225 Å². The van der Waals surface area contributed by atoms with Crippen molar-refractivity contribution in [3.63, 3.8) is 0 Å². The average molecular weight is 2070 g/mol. The highest BCUT2D eigenvalue weighted by Gasteiger charge is 2.50. The van der Waals surface area contributed by atoms with Gasteiger partial charge >= 0.3 is 0 Å². The number of nitrogens with zero attached hydrogens (tertiary/aromatic N) is 6. The van der Waals surface area contributed by atoms with Crippen LogP contribution in [0.5, 0.6) is 0 Å². The Morgan fingerprint density at radius 2 is 0.340 bits per heavy atom. The molecule has 18 rings (SSSR count). The molecule has 0 aliphatic carbocycles. The van der Waals surface area contributed by atoms with Crippen molar-refractivity contribution in [1.29, 1.82) is 0 Å². The summed E-state index contributed by atoms with van der Waals surface area (Å²) in [6, 6.07) is 36.6. The van der Waals surface area contributed by atoms with E-state index in [9.17, 15) is 86.3 Å². The normalized spacial score (nSPS) is 19.2. The van der Waals surface area contributed by atoms with Crippen molar-refractivity contribution in [3.05, 3.63) is 286 Å². The van der Waals surface area contributed by atoms with E-state index >= 15 is 0 Å². The number of carbonyl (C=O) groups excluding carboxylic acids is 18. The fourth-order valence-electron chi connectivity index (χ4n) is 15.0. The summed E-state index contributed by atoms with van der Waals surface area (Å²) in [5.74, 6) is -5.02. The molecule has 6 aromatic carbocycles. The lowest BCUT2D eigenvalue weighted by Gasteiger charge is -2.29. The Morgan fingerprint density at radius 1 is 0.247 bits per heavy atom. The van der Waals surface area contributed by atoms with Crippen LogP contribution in [0.2, 0.25) is 0 Å². The van der Waals surface area contributed by atoms with Crippen LogP contribution in [0.25, 0.3) is 0 Å². The molecule has 12 aliphatic heterocycles. The molecule has 0 aromatic heterocycles. The zero-order valence-corrected chi connectivity index (χ0v) is 91.8. The number of carbonyl (C=O) groups is 18. The molecule has 0 spiro atoms. The highest BCUT2D eigenvalue weighted by Crippen LogP contribution is 2.36. The van der Waals surface area contributed by atoms with E-state index in [0.29, 0.717) is 202 Å². The second kappa shape index (κ2) is 62.5. The lowest BCUT2D eigenvalue weighted by molar-refractivity contribution is -0.126. The van der Waals surface area contributed by atoms with Gasteiger partial charge < -0.3 is 52.0 Å². The van der Waals surface area contributed by atoms with Gasteiger partial charge in [-0.1, -0.05) is 236 Å². The van der Waals surface area contributed by atoms with Gasteiger partial charge in [0.15, 0.2) is 0 Å². The van der Waals surface area contributed by atoms with Crippen LogP contribution in [-0.2, 0) is 38.2 Å². The van der Waals surface area contributed by atoms with Gasteiger partial charge in [-0.05, 0) is 203 Å². The SMILES string of the molecule is C=C1CCC(N2C(=O)c3ccccc3C2=O)C(=O)N1.C=C1CCC(N2C(=O)c3ccccc3C2=O)C(=O)N1.C=C1CCC(N2C(=O)c3ccccc3C2=O)C(=O)N1.C=C1CCC(N2C(=O)c3ccccc3C2=O)C(=O)N1.C=C1CCC(N2C(=O)c3ccccc3C2=O)C(=O)N1.C=C1CCC(N2C(=O)c3ccccc3C2=O)C(=O)N1.CC.CC.CC.CCC(C)C.CCC(C)C.CNC(C)C.CNC(C)C.COC(C)C.COC(C)C. The molecule has 12 aliphatic rings. The molecule has 810 valence electrons.